The first-order valence-electron chi connectivity index (χ1n) is 4.81. The maximum absolute atomic E-state index is 5.35. The maximum Gasteiger partial charge on any atom is 0.143 e. The number of halogens is 1. The molecule has 1 unspecified atom stereocenters. The predicted molar refractivity (Wildman–Crippen MR) is 63.4 cm³/mol. The molecule has 0 bridgehead atoms. The van der Waals surface area contributed by atoms with E-state index in [0.717, 1.165) is 16.4 Å². The summed E-state index contributed by atoms with van der Waals surface area (Å²) in [7, 11) is 1.66. The second-order valence-corrected chi connectivity index (χ2v) is 5.15. The van der Waals surface area contributed by atoms with Crippen molar-refractivity contribution in [3.05, 3.63) is 10.0 Å². The molecule has 1 atom stereocenters. The van der Waals surface area contributed by atoms with Gasteiger partial charge in [0.15, 0.2) is 0 Å². The Hall–Kier alpha value is -0.0400. The molecular weight excluding hydrogens is 280 g/mol. The zero-order chi connectivity index (χ0) is 11.1. The maximum atomic E-state index is 5.35. The minimum absolute atomic E-state index is 0.308. The minimum atomic E-state index is 0.308. The van der Waals surface area contributed by atoms with Gasteiger partial charge in [-0.2, -0.15) is 0 Å². The van der Waals surface area contributed by atoms with Crippen LogP contribution in [-0.2, 0) is 16.1 Å². The third-order valence-corrected chi connectivity index (χ3v) is 4.16. The molecule has 4 nitrogen and oxygen atoms in total. The molecule has 6 heteroatoms. The van der Waals surface area contributed by atoms with Crippen LogP contribution < -0.4 is 0 Å². The molecule has 0 amide bonds. The lowest BCUT2D eigenvalue weighted by Gasteiger charge is -1.99. The summed E-state index contributed by atoms with van der Waals surface area (Å²) in [5.41, 5.74) is 0. The lowest BCUT2D eigenvalue weighted by molar-refractivity contribution is 0.0613. The molecule has 1 aromatic rings. The normalized spacial score (nSPS) is 13.0. The lowest BCUT2D eigenvalue weighted by atomic mass is 10.4. The number of rotatable bonds is 7. The lowest BCUT2D eigenvalue weighted by Crippen LogP contribution is -2.01. The highest BCUT2D eigenvalue weighted by Gasteiger charge is 2.11. The molecule has 0 fully saturated rings. The van der Waals surface area contributed by atoms with E-state index < -0.39 is 0 Å². The topological polar surface area (TPSA) is 44.2 Å². The van der Waals surface area contributed by atoms with Gasteiger partial charge in [-0.3, -0.25) is 0 Å². The van der Waals surface area contributed by atoms with Gasteiger partial charge in [-0.15, -0.1) is 10.2 Å². The Morgan fingerprint density at radius 3 is 2.87 bits per heavy atom. The largest absolute Gasteiger partial charge is 0.382 e. The summed E-state index contributed by atoms with van der Waals surface area (Å²) in [6.07, 6.45) is 1.01. The van der Waals surface area contributed by atoms with Gasteiger partial charge in [-0.1, -0.05) is 34.2 Å². The summed E-state index contributed by atoms with van der Waals surface area (Å²) in [5.74, 6) is 0. The third-order valence-electron chi connectivity index (χ3n) is 1.77. The van der Waals surface area contributed by atoms with Gasteiger partial charge >= 0.3 is 0 Å². The van der Waals surface area contributed by atoms with E-state index in [1.54, 1.807) is 18.4 Å². The van der Waals surface area contributed by atoms with Crippen LogP contribution in [0, 0.1) is 0 Å². The molecule has 0 radical (unpaired) electrons. The van der Waals surface area contributed by atoms with E-state index in [2.05, 4.69) is 33.1 Å². The molecule has 0 aliphatic heterocycles. The monoisotopic (exact) mass is 294 g/mol. The molecule has 15 heavy (non-hydrogen) atoms. The van der Waals surface area contributed by atoms with Crippen LogP contribution in [0.4, 0.5) is 0 Å². The first kappa shape index (κ1) is 13.0. The van der Waals surface area contributed by atoms with E-state index in [-0.39, 0.29) is 0 Å². The molecule has 0 aliphatic rings. The summed E-state index contributed by atoms with van der Waals surface area (Å²) in [4.78, 5) is 0.308. The van der Waals surface area contributed by atoms with Crippen molar-refractivity contribution < 1.29 is 9.47 Å². The van der Waals surface area contributed by atoms with E-state index in [0.29, 0.717) is 24.6 Å². The average Bonchev–Trinajstić information content (AvgIpc) is 2.72. The SMILES string of the molecule is CCC(Br)c1nnc(COCCOC)s1. The molecule has 0 spiro atoms. The van der Waals surface area contributed by atoms with Crippen LogP contribution in [-0.4, -0.2) is 30.5 Å². The Kier molecular flexibility index (Phi) is 6.31. The third kappa shape index (κ3) is 4.55. The number of aromatic nitrogens is 2. The van der Waals surface area contributed by atoms with Gasteiger partial charge in [0, 0.05) is 7.11 Å². The molecule has 0 aliphatic carbocycles. The molecule has 1 heterocycles. The first-order valence-corrected chi connectivity index (χ1v) is 6.54. The quantitative estimate of drug-likeness (QED) is 0.573. The van der Waals surface area contributed by atoms with Crippen molar-refractivity contribution in [2.75, 3.05) is 20.3 Å². The Morgan fingerprint density at radius 1 is 1.40 bits per heavy atom. The van der Waals surface area contributed by atoms with Crippen molar-refractivity contribution in [3.8, 4) is 0 Å². The fourth-order valence-electron chi connectivity index (χ4n) is 0.928. The van der Waals surface area contributed by atoms with E-state index >= 15 is 0 Å². The predicted octanol–water partition coefficient (Wildman–Crippen LogP) is 2.55. The van der Waals surface area contributed by atoms with Gasteiger partial charge in [-0.05, 0) is 6.42 Å². The average molecular weight is 295 g/mol. The van der Waals surface area contributed by atoms with E-state index in [1.165, 1.54) is 0 Å². The van der Waals surface area contributed by atoms with Crippen LogP contribution in [0.3, 0.4) is 0 Å². The highest BCUT2D eigenvalue weighted by molar-refractivity contribution is 9.09. The number of hydrogen-bond donors (Lipinski definition) is 0. The van der Waals surface area contributed by atoms with Crippen LogP contribution in [0.2, 0.25) is 0 Å². The van der Waals surface area contributed by atoms with Crippen molar-refractivity contribution in [1.29, 1.82) is 0 Å². The van der Waals surface area contributed by atoms with Gasteiger partial charge in [0.2, 0.25) is 0 Å². The minimum Gasteiger partial charge on any atom is -0.382 e. The fourth-order valence-corrected chi connectivity index (χ4v) is 2.14. The number of hydrogen-bond acceptors (Lipinski definition) is 5. The van der Waals surface area contributed by atoms with Crippen molar-refractivity contribution in [2.24, 2.45) is 0 Å². The van der Waals surface area contributed by atoms with Gasteiger partial charge in [-0.25, -0.2) is 0 Å². The zero-order valence-corrected chi connectivity index (χ0v) is 11.3. The van der Waals surface area contributed by atoms with Gasteiger partial charge in [0.1, 0.15) is 16.6 Å². The van der Waals surface area contributed by atoms with Crippen LogP contribution in [0.5, 0.6) is 0 Å². The number of methoxy groups -OCH3 is 1. The Labute approximate surface area is 102 Å². The standard InChI is InChI=1S/C9H15BrN2O2S/c1-3-7(10)9-12-11-8(15-9)6-14-5-4-13-2/h7H,3-6H2,1-2H3. The second kappa shape index (κ2) is 7.27. The molecule has 0 N–H and O–H groups in total. The van der Waals surface area contributed by atoms with Crippen LogP contribution in [0.25, 0.3) is 0 Å². The van der Waals surface area contributed by atoms with Crippen LogP contribution in [0.1, 0.15) is 28.2 Å². The molecule has 1 rings (SSSR count). The highest BCUT2D eigenvalue weighted by Crippen LogP contribution is 2.28. The summed E-state index contributed by atoms with van der Waals surface area (Å²) in [6, 6.07) is 0. The van der Waals surface area contributed by atoms with Gasteiger partial charge in [0.05, 0.1) is 18.0 Å². The number of alkyl halides is 1. The fraction of sp³-hybridized carbons (Fsp3) is 0.778. The number of ether oxygens (including phenoxy) is 2. The Bertz CT molecular complexity index is 283. The molecule has 0 saturated carbocycles. The van der Waals surface area contributed by atoms with Crippen LogP contribution >= 0.6 is 27.3 Å². The number of nitrogens with zero attached hydrogens (tertiary/aromatic N) is 2. The van der Waals surface area contributed by atoms with E-state index in [1.807, 2.05) is 0 Å². The molecule has 0 saturated heterocycles. The summed E-state index contributed by atoms with van der Waals surface area (Å²) in [6.45, 7) is 3.83. The highest BCUT2D eigenvalue weighted by atomic mass is 79.9. The van der Waals surface area contributed by atoms with Crippen LogP contribution in [0.15, 0.2) is 0 Å². The molecular formula is C9H15BrN2O2S. The van der Waals surface area contributed by atoms with Gasteiger partial charge < -0.3 is 9.47 Å². The zero-order valence-electron chi connectivity index (χ0n) is 8.90. The van der Waals surface area contributed by atoms with E-state index in [9.17, 15) is 0 Å². The summed E-state index contributed by atoms with van der Waals surface area (Å²) < 4.78 is 10.2. The summed E-state index contributed by atoms with van der Waals surface area (Å²) >= 11 is 5.13. The van der Waals surface area contributed by atoms with Crippen molar-refractivity contribution in [2.45, 2.75) is 24.8 Å². The molecule has 0 aromatic carbocycles. The first-order chi connectivity index (χ1) is 7.27. The summed E-state index contributed by atoms with van der Waals surface area (Å²) in [5, 5.41) is 10.1. The van der Waals surface area contributed by atoms with E-state index in [4.69, 9.17) is 9.47 Å². The smallest absolute Gasteiger partial charge is 0.143 e. The van der Waals surface area contributed by atoms with Gasteiger partial charge in [0.25, 0.3) is 0 Å². The molecule has 1 aromatic heterocycles. The molecule has 86 valence electrons. The Balaban J connectivity index is 2.33. The van der Waals surface area contributed by atoms with Crippen molar-refractivity contribution >= 4 is 27.3 Å². The Morgan fingerprint density at radius 2 is 2.20 bits per heavy atom. The second-order valence-electron chi connectivity index (χ2n) is 2.96. The van der Waals surface area contributed by atoms with Crippen molar-refractivity contribution in [3.63, 3.8) is 0 Å². The van der Waals surface area contributed by atoms with Crippen molar-refractivity contribution in [1.82, 2.24) is 10.2 Å².